The van der Waals surface area contributed by atoms with E-state index in [9.17, 15) is 14.4 Å². The third kappa shape index (κ3) is 5.26. The highest BCUT2D eigenvalue weighted by Crippen LogP contribution is 2.28. The van der Waals surface area contributed by atoms with Gasteiger partial charge in [0.05, 0.1) is 0 Å². The first-order valence-corrected chi connectivity index (χ1v) is 12.9. The van der Waals surface area contributed by atoms with Gasteiger partial charge in [-0.3, -0.25) is 14.4 Å². The number of carbonyl (C=O) groups is 2. The quantitative estimate of drug-likeness (QED) is 0.636. The highest BCUT2D eigenvalue weighted by atomic mass is 16.2. The fraction of sp³-hybridized carbons (Fsp3) is 0.536. The van der Waals surface area contributed by atoms with Crippen molar-refractivity contribution >= 4 is 11.8 Å². The number of benzene rings is 1. The molecular formula is C28H37N3O3. The first-order valence-electron chi connectivity index (χ1n) is 12.9. The highest BCUT2D eigenvalue weighted by molar-refractivity contribution is 5.99. The lowest BCUT2D eigenvalue weighted by Gasteiger charge is -2.32. The van der Waals surface area contributed by atoms with Crippen LogP contribution in [0.2, 0.25) is 0 Å². The number of amides is 2. The number of likely N-dealkylation sites (tertiary alicyclic amines) is 2. The molecule has 2 aromatic rings. The van der Waals surface area contributed by atoms with Crippen molar-refractivity contribution in [2.24, 2.45) is 0 Å². The monoisotopic (exact) mass is 463 g/mol. The Labute approximate surface area is 202 Å². The lowest BCUT2D eigenvalue weighted by atomic mass is 9.89. The molecular weight excluding hydrogens is 426 g/mol. The summed E-state index contributed by atoms with van der Waals surface area (Å²) in [5.41, 5.74) is 1.13. The summed E-state index contributed by atoms with van der Waals surface area (Å²) in [5.74, 6) is -0.0570. The van der Waals surface area contributed by atoms with Gasteiger partial charge < -0.3 is 14.4 Å². The Bertz CT molecular complexity index is 1050. The molecule has 1 atom stereocenters. The highest BCUT2D eigenvalue weighted by Gasteiger charge is 2.29. The summed E-state index contributed by atoms with van der Waals surface area (Å²) < 4.78 is 1.89. The Kier molecular flexibility index (Phi) is 7.86. The first-order chi connectivity index (χ1) is 16.5. The van der Waals surface area contributed by atoms with E-state index in [-0.39, 0.29) is 29.0 Å². The molecule has 0 aliphatic carbocycles. The number of hydrogen-bond donors (Lipinski definition) is 0. The van der Waals surface area contributed by atoms with Crippen LogP contribution in [-0.2, 0) is 0 Å². The Morgan fingerprint density at radius 1 is 0.853 bits per heavy atom. The summed E-state index contributed by atoms with van der Waals surface area (Å²) in [6.45, 7) is 6.69. The maximum Gasteiger partial charge on any atom is 0.259 e. The van der Waals surface area contributed by atoms with Crippen molar-refractivity contribution in [3.8, 4) is 0 Å². The zero-order valence-electron chi connectivity index (χ0n) is 20.5. The van der Waals surface area contributed by atoms with E-state index in [4.69, 9.17) is 0 Å². The van der Waals surface area contributed by atoms with E-state index in [1.807, 2.05) is 17.6 Å². The summed E-state index contributed by atoms with van der Waals surface area (Å²) >= 11 is 0. The van der Waals surface area contributed by atoms with E-state index in [0.717, 1.165) is 44.9 Å². The van der Waals surface area contributed by atoms with E-state index in [0.29, 0.717) is 32.1 Å². The van der Waals surface area contributed by atoms with E-state index < -0.39 is 5.43 Å². The van der Waals surface area contributed by atoms with Gasteiger partial charge in [-0.15, -0.1) is 0 Å². The van der Waals surface area contributed by atoms with Crippen LogP contribution in [0.25, 0.3) is 0 Å². The molecule has 2 saturated heterocycles. The molecule has 6 heteroatoms. The number of pyridine rings is 1. The van der Waals surface area contributed by atoms with Gasteiger partial charge in [0.25, 0.3) is 11.8 Å². The Morgan fingerprint density at radius 2 is 1.38 bits per heavy atom. The van der Waals surface area contributed by atoms with E-state index in [1.165, 1.54) is 5.56 Å². The van der Waals surface area contributed by atoms with E-state index in [1.54, 1.807) is 22.2 Å². The fourth-order valence-corrected chi connectivity index (χ4v) is 5.12. The lowest BCUT2D eigenvalue weighted by molar-refractivity contribution is 0.0710. The van der Waals surface area contributed by atoms with Crippen LogP contribution in [0.1, 0.15) is 97.0 Å². The zero-order chi connectivity index (χ0) is 24.1. The molecule has 2 aliphatic rings. The lowest BCUT2D eigenvalue weighted by Crippen LogP contribution is -2.42. The van der Waals surface area contributed by atoms with E-state index >= 15 is 0 Å². The number of aromatic nitrogens is 1. The number of nitrogens with zero attached hydrogens (tertiary/aromatic N) is 3. The molecule has 2 amide bonds. The van der Waals surface area contributed by atoms with Crippen LogP contribution in [0.15, 0.2) is 47.5 Å². The minimum atomic E-state index is -0.427. The second-order valence-electron chi connectivity index (χ2n) is 9.80. The minimum Gasteiger partial charge on any atom is -0.350 e. The molecule has 4 rings (SSSR count). The maximum absolute atomic E-state index is 13.5. The van der Waals surface area contributed by atoms with Gasteiger partial charge in [-0.05, 0) is 50.5 Å². The van der Waals surface area contributed by atoms with Gasteiger partial charge in [0.1, 0.15) is 11.1 Å². The largest absolute Gasteiger partial charge is 0.350 e. The molecule has 0 unspecified atom stereocenters. The Balaban J connectivity index is 1.59. The molecule has 0 saturated carbocycles. The SMILES string of the molecule is CC[C@@H](C)n1cc(C(=O)N2CCCCCC2)c(=O)c(C(=O)N2CCC(c3ccccc3)CC2)c1. The number of hydrogen-bond acceptors (Lipinski definition) is 3. The molecule has 2 fully saturated rings. The van der Waals surface area contributed by atoms with Gasteiger partial charge in [0, 0.05) is 44.6 Å². The number of rotatable bonds is 5. The zero-order valence-corrected chi connectivity index (χ0v) is 20.5. The van der Waals surface area contributed by atoms with Gasteiger partial charge in [-0.2, -0.15) is 0 Å². The Hall–Kier alpha value is -2.89. The normalized spacial score (nSPS) is 18.4. The second kappa shape index (κ2) is 11.0. The predicted molar refractivity (Wildman–Crippen MR) is 134 cm³/mol. The molecule has 3 heterocycles. The molecule has 0 bridgehead atoms. The Morgan fingerprint density at radius 3 is 1.91 bits per heavy atom. The molecule has 34 heavy (non-hydrogen) atoms. The number of piperidine rings is 1. The van der Waals surface area contributed by atoms with Crippen molar-refractivity contribution in [3.05, 3.63) is 69.6 Å². The van der Waals surface area contributed by atoms with Gasteiger partial charge in [0.15, 0.2) is 0 Å². The van der Waals surface area contributed by atoms with Crippen LogP contribution in [-0.4, -0.2) is 52.4 Å². The van der Waals surface area contributed by atoms with Crippen molar-refractivity contribution in [1.82, 2.24) is 14.4 Å². The van der Waals surface area contributed by atoms with Crippen molar-refractivity contribution in [2.75, 3.05) is 26.2 Å². The van der Waals surface area contributed by atoms with Crippen LogP contribution < -0.4 is 5.43 Å². The third-order valence-electron chi connectivity index (χ3n) is 7.55. The van der Waals surface area contributed by atoms with Crippen molar-refractivity contribution < 1.29 is 9.59 Å². The summed E-state index contributed by atoms with van der Waals surface area (Å²) in [6.07, 6.45) is 10.1. The molecule has 1 aromatic carbocycles. The minimum absolute atomic E-state index is 0.0895. The molecule has 6 nitrogen and oxygen atoms in total. The van der Waals surface area contributed by atoms with Crippen LogP contribution in [0.4, 0.5) is 0 Å². The first kappa shape index (κ1) is 24.2. The molecule has 2 aliphatic heterocycles. The summed E-state index contributed by atoms with van der Waals surface area (Å²) in [7, 11) is 0. The topological polar surface area (TPSA) is 62.6 Å². The fourth-order valence-electron chi connectivity index (χ4n) is 5.12. The summed E-state index contributed by atoms with van der Waals surface area (Å²) in [5, 5.41) is 0. The second-order valence-corrected chi connectivity index (χ2v) is 9.80. The molecule has 0 N–H and O–H groups in total. The van der Waals surface area contributed by atoms with Gasteiger partial charge >= 0.3 is 0 Å². The molecule has 182 valence electrons. The van der Waals surface area contributed by atoms with Crippen molar-refractivity contribution in [1.29, 1.82) is 0 Å². The predicted octanol–water partition coefficient (Wildman–Crippen LogP) is 4.86. The molecule has 1 aromatic heterocycles. The summed E-state index contributed by atoms with van der Waals surface area (Å²) in [4.78, 5) is 43.9. The molecule has 0 spiro atoms. The van der Waals surface area contributed by atoms with Crippen LogP contribution in [0, 0.1) is 0 Å². The third-order valence-corrected chi connectivity index (χ3v) is 7.55. The average Bonchev–Trinajstić information content (AvgIpc) is 3.18. The standard InChI is InChI=1S/C28H37N3O3/c1-3-21(2)31-19-24(27(33)29-15-9-4-5-10-16-29)26(32)25(20-31)28(34)30-17-13-23(14-18-30)22-11-7-6-8-12-22/h6-8,11-12,19-21,23H,3-5,9-10,13-18H2,1-2H3/t21-/m1/s1. The summed E-state index contributed by atoms with van der Waals surface area (Å²) in [6, 6.07) is 10.5. The van der Waals surface area contributed by atoms with Gasteiger partial charge in [0.2, 0.25) is 5.43 Å². The molecule has 0 radical (unpaired) electrons. The van der Waals surface area contributed by atoms with Crippen LogP contribution >= 0.6 is 0 Å². The van der Waals surface area contributed by atoms with Gasteiger partial charge in [-0.1, -0.05) is 50.1 Å². The maximum atomic E-state index is 13.5. The smallest absolute Gasteiger partial charge is 0.259 e. The van der Waals surface area contributed by atoms with Gasteiger partial charge in [-0.25, -0.2) is 0 Å². The van der Waals surface area contributed by atoms with Crippen LogP contribution in [0.3, 0.4) is 0 Å². The van der Waals surface area contributed by atoms with E-state index in [2.05, 4.69) is 31.2 Å². The van der Waals surface area contributed by atoms with Crippen LogP contribution in [0.5, 0.6) is 0 Å². The van der Waals surface area contributed by atoms with Crippen molar-refractivity contribution in [3.63, 3.8) is 0 Å². The number of carbonyl (C=O) groups excluding carboxylic acids is 2. The van der Waals surface area contributed by atoms with Crippen molar-refractivity contribution in [2.45, 2.75) is 70.8 Å². The average molecular weight is 464 g/mol.